The zero-order chi connectivity index (χ0) is 21.4. The van der Waals surface area contributed by atoms with Gasteiger partial charge >= 0.3 is 5.97 Å². The molecule has 2 aromatic carbocycles. The summed E-state index contributed by atoms with van der Waals surface area (Å²) < 4.78 is 22.5. The second kappa shape index (κ2) is 7.86. The average Bonchev–Trinajstić information content (AvgIpc) is 3.20. The Morgan fingerprint density at radius 2 is 1.87 bits per heavy atom. The number of aryl methyl sites for hydroxylation is 1. The molecule has 0 unspecified atom stereocenters. The summed E-state index contributed by atoms with van der Waals surface area (Å²) in [6.45, 7) is 7.83. The summed E-state index contributed by atoms with van der Waals surface area (Å²) in [6, 6.07) is 8.88. The minimum absolute atomic E-state index is 0.0632. The van der Waals surface area contributed by atoms with Gasteiger partial charge < -0.3 is 18.6 Å². The zero-order valence-corrected chi connectivity index (χ0v) is 17.5. The minimum Gasteiger partial charge on any atom is -0.460 e. The lowest BCUT2D eigenvalue weighted by Crippen LogP contribution is -2.12. The molecule has 0 saturated heterocycles. The molecule has 156 valence electrons. The van der Waals surface area contributed by atoms with Gasteiger partial charge in [-0.25, -0.2) is 0 Å². The Kier molecular flexibility index (Phi) is 5.24. The van der Waals surface area contributed by atoms with Crippen molar-refractivity contribution in [2.45, 2.75) is 46.5 Å². The Labute approximate surface area is 174 Å². The van der Waals surface area contributed by atoms with E-state index in [1.165, 1.54) is 0 Å². The summed E-state index contributed by atoms with van der Waals surface area (Å²) in [5.74, 6) is 2.01. The second-order valence-corrected chi connectivity index (χ2v) is 7.52. The van der Waals surface area contributed by atoms with Crippen LogP contribution in [0.3, 0.4) is 0 Å². The van der Waals surface area contributed by atoms with Gasteiger partial charge in [0, 0.05) is 18.9 Å². The molecule has 0 spiro atoms. The van der Waals surface area contributed by atoms with Crippen LogP contribution >= 0.6 is 0 Å². The van der Waals surface area contributed by atoms with Gasteiger partial charge in [-0.1, -0.05) is 33.8 Å². The molecule has 30 heavy (non-hydrogen) atoms. The molecule has 4 rings (SSSR count). The summed E-state index contributed by atoms with van der Waals surface area (Å²) in [4.78, 5) is 25.4. The van der Waals surface area contributed by atoms with Crippen molar-refractivity contribution in [3.8, 4) is 28.4 Å². The Morgan fingerprint density at radius 3 is 2.57 bits per heavy atom. The molecule has 0 radical (unpaired) electrons. The predicted molar refractivity (Wildman–Crippen MR) is 113 cm³/mol. The minimum atomic E-state index is -0.328. The summed E-state index contributed by atoms with van der Waals surface area (Å²) in [5, 5.41) is 0.458. The third-order valence-corrected chi connectivity index (χ3v) is 5.21. The summed E-state index contributed by atoms with van der Waals surface area (Å²) in [6.07, 6.45) is 0.799. The van der Waals surface area contributed by atoms with Gasteiger partial charge in [0.25, 0.3) is 0 Å². The molecule has 1 aromatic heterocycles. The highest BCUT2D eigenvalue weighted by Gasteiger charge is 2.22. The number of hydrogen-bond acceptors (Lipinski definition) is 6. The van der Waals surface area contributed by atoms with Crippen molar-refractivity contribution in [1.82, 2.24) is 0 Å². The van der Waals surface area contributed by atoms with Crippen LogP contribution < -0.4 is 19.6 Å². The second-order valence-electron chi connectivity index (χ2n) is 7.52. The standard InChI is InChI=1S/C24H24O6/c1-5-17-23(14-7-8-18-21(9-14)28-12-27-18)24(26)16-10-15(13(3)4)19(11-20(16)29-17)30-22(25)6-2/h7-11,13H,5-6,12H2,1-4H3. The molecule has 6 nitrogen and oxygen atoms in total. The first-order valence-corrected chi connectivity index (χ1v) is 10.2. The first-order valence-electron chi connectivity index (χ1n) is 10.2. The van der Waals surface area contributed by atoms with Gasteiger partial charge in [0.2, 0.25) is 12.2 Å². The molecule has 1 aliphatic rings. The van der Waals surface area contributed by atoms with Gasteiger partial charge in [0.15, 0.2) is 11.5 Å². The third kappa shape index (κ3) is 3.43. The van der Waals surface area contributed by atoms with Gasteiger partial charge in [-0.2, -0.15) is 0 Å². The van der Waals surface area contributed by atoms with Crippen LogP contribution in [0.15, 0.2) is 39.5 Å². The molecule has 0 N–H and O–H groups in total. The van der Waals surface area contributed by atoms with Crippen LogP contribution in [0.4, 0.5) is 0 Å². The fourth-order valence-electron chi connectivity index (χ4n) is 3.61. The zero-order valence-electron chi connectivity index (χ0n) is 17.5. The predicted octanol–water partition coefficient (Wildman–Crippen LogP) is 5.19. The molecule has 6 heteroatoms. The normalized spacial score (nSPS) is 12.6. The Balaban J connectivity index is 1.95. The van der Waals surface area contributed by atoms with Crippen LogP contribution in [-0.2, 0) is 11.2 Å². The highest BCUT2D eigenvalue weighted by atomic mass is 16.7. The van der Waals surface area contributed by atoms with E-state index in [4.69, 9.17) is 18.6 Å². The fourth-order valence-corrected chi connectivity index (χ4v) is 3.61. The number of carbonyl (C=O) groups excluding carboxylic acids is 1. The number of hydrogen-bond donors (Lipinski definition) is 0. The topological polar surface area (TPSA) is 75.0 Å². The van der Waals surface area contributed by atoms with Crippen molar-refractivity contribution in [3.63, 3.8) is 0 Å². The highest BCUT2D eigenvalue weighted by molar-refractivity contribution is 5.86. The number of benzene rings is 2. The van der Waals surface area contributed by atoms with Crippen molar-refractivity contribution in [1.29, 1.82) is 0 Å². The van der Waals surface area contributed by atoms with Crippen LogP contribution in [0, 0.1) is 0 Å². The quantitative estimate of drug-likeness (QED) is 0.427. The SMILES string of the molecule is CCC(=O)Oc1cc2oc(CC)c(-c3ccc4c(c3)OCO4)c(=O)c2cc1C(C)C. The highest BCUT2D eigenvalue weighted by Crippen LogP contribution is 2.38. The van der Waals surface area contributed by atoms with Crippen LogP contribution in [0.1, 0.15) is 51.4 Å². The van der Waals surface area contributed by atoms with Crippen molar-refractivity contribution in [3.05, 3.63) is 51.9 Å². The van der Waals surface area contributed by atoms with E-state index in [0.29, 0.717) is 46.0 Å². The monoisotopic (exact) mass is 408 g/mol. The first kappa shape index (κ1) is 20.0. The van der Waals surface area contributed by atoms with Gasteiger partial charge in [-0.3, -0.25) is 9.59 Å². The van der Waals surface area contributed by atoms with E-state index >= 15 is 0 Å². The maximum Gasteiger partial charge on any atom is 0.310 e. The number of fused-ring (bicyclic) bond motifs is 2. The van der Waals surface area contributed by atoms with E-state index in [2.05, 4.69) is 0 Å². The van der Waals surface area contributed by atoms with Crippen molar-refractivity contribution in [2.75, 3.05) is 6.79 Å². The van der Waals surface area contributed by atoms with E-state index in [9.17, 15) is 9.59 Å². The van der Waals surface area contributed by atoms with Crippen LogP contribution in [-0.4, -0.2) is 12.8 Å². The van der Waals surface area contributed by atoms with Gasteiger partial charge in [-0.15, -0.1) is 0 Å². The Bertz CT molecular complexity index is 1190. The Hall–Kier alpha value is -3.28. The number of carbonyl (C=O) groups is 1. The molecule has 3 aromatic rings. The maximum absolute atomic E-state index is 13.5. The molecule has 1 aliphatic heterocycles. The third-order valence-electron chi connectivity index (χ3n) is 5.21. The molecule has 0 fully saturated rings. The molecule has 0 atom stereocenters. The van der Waals surface area contributed by atoms with Crippen molar-refractivity contribution >= 4 is 16.9 Å². The lowest BCUT2D eigenvalue weighted by Gasteiger charge is -2.15. The summed E-state index contributed by atoms with van der Waals surface area (Å²) >= 11 is 0. The summed E-state index contributed by atoms with van der Waals surface area (Å²) in [5.41, 5.74) is 2.31. The van der Waals surface area contributed by atoms with Crippen molar-refractivity contribution in [2.24, 2.45) is 0 Å². The maximum atomic E-state index is 13.5. The molecule has 0 amide bonds. The molecular formula is C24H24O6. The fraction of sp³-hybridized carbons (Fsp3) is 0.333. The summed E-state index contributed by atoms with van der Waals surface area (Å²) in [7, 11) is 0. The largest absolute Gasteiger partial charge is 0.460 e. The van der Waals surface area contributed by atoms with Crippen LogP contribution in [0.5, 0.6) is 17.2 Å². The van der Waals surface area contributed by atoms with Gasteiger partial charge in [0.1, 0.15) is 17.1 Å². The molecule has 0 saturated carbocycles. The lowest BCUT2D eigenvalue weighted by atomic mass is 9.96. The lowest BCUT2D eigenvalue weighted by molar-refractivity contribution is -0.134. The molecule has 0 aliphatic carbocycles. The van der Waals surface area contributed by atoms with Crippen molar-refractivity contribution < 1.29 is 23.4 Å². The van der Waals surface area contributed by atoms with Gasteiger partial charge in [-0.05, 0) is 35.2 Å². The van der Waals surface area contributed by atoms with Crippen LogP contribution in [0.2, 0.25) is 0 Å². The van der Waals surface area contributed by atoms with Crippen LogP contribution in [0.25, 0.3) is 22.1 Å². The number of ether oxygens (including phenoxy) is 3. The molecular weight excluding hydrogens is 384 g/mol. The average molecular weight is 408 g/mol. The van der Waals surface area contributed by atoms with E-state index in [1.54, 1.807) is 31.2 Å². The molecule has 0 bridgehead atoms. The van der Waals surface area contributed by atoms with E-state index in [1.807, 2.05) is 26.8 Å². The number of esters is 1. The van der Waals surface area contributed by atoms with E-state index in [-0.39, 0.29) is 30.5 Å². The number of rotatable bonds is 5. The Morgan fingerprint density at radius 1 is 1.10 bits per heavy atom. The molecule has 2 heterocycles. The van der Waals surface area contributed by atoms with E-state index < -0.39 is 0 Å². The van der Waals surface area contributed by atoms with E-state index in [0.717, 1.165) is 11.1 Å². The van der Waals surface area contributed by atoms with Gasteiger partial charge in [0.05, 0.1) is 10.9 Å². The smallest absolute Gasteiger partial charge is 0.310 e. The first-order chi connectivity index (χ1) is 14.4.